The Balaban J connectivity index is 1.91. The molecular formula is C27H30N2O7S. The van der Waals surface area contributed by atoms with Crippen molar-refractivity contribution < 1.29 is 32.2 Å². The van der Waals surface area contributed by atoms with E-state index in [4.69, 9.17) is 18.9 Å². The molecular weight excluding hydrogens is 496 g/mol. The summed E-state index contributed by atoms with van der Waals surface area (Å²) in [6, 6.07) is 17.5. The largest absolute Gasteiger partial charge is 0.494 e. The van der Waals surface area contributed by atoms with Gasteiger partial charge in [-0.1, -0.05) is 12.7 Å². The van der Waals surface area contributed by atoms with E-state index in [9.17, 15) is 13.2 Å². The normalized spacial score (nSPS) is 10.8. The Kier molecular flexibility index (Phi) is 9.39. The van der Waals surface area contributed by atoms with Gasteiger partial charge in [0.1, 0.15) is 24.7 Å². The maximum absolute atomic E-state index is 13.7. The molecule has 3 aromatic carbocycles. The molecule has 0 spiro atoms. The fourth-order valence-electron chi connectivity index (χ4n) is 3.42. The van der Waals surface area contributed by atoms with E-state index in [1.54, 1.807) is 54.6 Å². The number of benzene rings is 3. The molecule has 0 bridgehead atoms. The Morgan fingerprint density at radius 3 is 2.14 bits per heavy atom. The number of sulfonamides is 1. The van der Waals surface area contributed by atoms with Crippen LogP contribution in [0, 0.1) is 0 Å². The van der Waals surface area contributed by atoms with Crippen LogP contribution in [0.25, 0.3) is 0 Å². The molecule has 1 amide bonds. The molecule has 0 heterocycles. The molecule has 0 unspecified atom stereocenters. The highest BCUT2D eigenvalue weighted by atomic mass is 32.2. The Bertz CT molecular complexity index is 1310. The average Bonchev–Trinajstić information content (AvgIpc) is 2.91. The van der Waals surface area contributed by atoms with E-state index in [1.165, 1.54) is 32.4 Å². The predicted octanol–water partition coefficient (Wildman–Crippen LogP) is 4.50. The van der Waals surface area contributed by atoms with Gasteiger partial charge in [0.2, 0.25) is 5.91 Å². The van der Waals surface area contributed by atoms with Gasteiger partial charge >= 0.3 is 0 Å². The number of methoxy groups -OCH3 is 2. The molecule has 0 saturated heterocycles. The van der Waals surface area contributed by atoms with Crippen molar-refractivity contribution in [2.45, 2.75) is 11.8 Å². The molecule has 0 aliphatic heterocycles. The van der Waals surface area contributed by atoms with Gasteiger partial charge in [-0.2, -0.15) is 0 Å². The van der Waals surface area contributed by atoms with Crippen molar-refractivity contribution in [3.8, 4) is 23.0 Å². The zero-order chi connectivity index (χ0) is 26.8. The molecule has 0 fully saturated rings. The highest BCUT2D eigenvalue weighted by Crippen LogP contribution is 2.32. The number of carbonyl (C=O) groups is 1. The van der Waals surface area contributed by atoms with Crippen LogP contribution in [-0.4, -0.2) is 48.3 Å². The third kappa shape index (κ3) is 6.95. The van der Waals surface area contributed by atoms with Gasteiger partial charge < -0.3 is 24.3 Å². The van der Waals surface area contributed by atoms with Crippen molar-refractivity contribution in [1.82, 2.24) is 0 Å². The van der Waals surface area contributed by atoms with Gasteiger partial charge in [-0.05, 0) is 67.6 Å². The molecule has 0 aromatic heterocycles. The standard InChI is InChI=1S/C27H30N2O7S/c1-5-17-36-23-11-7-20(8-12-23)28-27(30)19-29(21-9-13-22(14-10-21)35-6-2)37(31,32)24-15-16-25(33-3)26(18-24)34-4/h5,7-16,18H,1,6,17,19H2,2-4H3,(H,28,30). The predicted molar refractivity (Wildman–Crippen MR) is 142 cm³/mol. The number of amides is 1. The van der Waals surface area contributed by atoms with Crippen LogP contribution in [0.3, 0.4) is 0 Å². The van der Waals surface area contributed by atoms with Gasteiger partial charge in [0, 0.05) is 11.8 Å². The summed E-state index contributed by atoms with van der Waals surface area (Å²) in [6.07, 6.45) is 1.63. The summed E-state index contributed by atoms with van der Waals surface area (Å²) in [7, 11) is -1.30. The Morgan fingerprint density at radius 2 is 1.54 bits per heavy atom. The molecule has 9 nitrogen and oxygen atoms in total. The van der Waals surface area contributed by atoms with Crippen LogP contribution in [0.5, 0.6) is 23.0 Å². The summed E-state index contributed by atoms with van der Waals surface area (Å²) >= 11 is 0. The molecule has 196 valence electrons. The van der Waals surface area contributed by atoms with Crippen LogP contribution in [0.15, 0.2) is 84.3 Å². The van der Waals surface area contributed by atoms with Crippen LogP contribution >= 0.6 is 0 Å². The smallest absolute Gasteiger partial charge is 0.264 e. The van der Waals surface area contributed by atoms with Crippen molar-refractivity contribution in [2.24, 2.45) is 0 Å². The number of nitrogens with zero attached hydrogens (tertiary/aromatic N) is 1. The van der Waals surface area contributed by atoms with Crippen molar-refractivity contribution >= 4 is 27.3 Å². The number of hydrogen-bond acceptors (Lipinski definition) is 7. The van der Waals surface area contributed by atoms with E-state index < -0.39 is 22.5 Å². The second-order valence-electron chi connectivity index (χ2n) is 7.63. The summed E-state index contributed by atoms with van der Waals surface area (Å²) < 4.78 is 49.9. The van der Waals surface area contributed by atoms with Gasteiger partial charge in [-0.25, -0.2) is 8.42 Å². The van der Waals surface area contributed by atoms with Crippen molar-refractivity contribution in [1.29, 1.82) is 0 Å². The lowest BCUT2D eigenvalue weighted by molar-refractivity contribution is -0.114. The lowest BCUT2D eigenvalue weighted by Gasteiger charge is -2.25. The first kappa shape index (κ1) is 27.4. The third-order valence-corrected chi connectivity index (χ3v) is 6.94. The molecule has 37 heavy (non-hydrogen) atoms. The van der Waals surface area contributed by atoms with Crippen LogP contribution < -0.4 is 28.6 Å². The zero-order valence-corrected chi connectivity index (χ0v) is 21.8. The van der Waals surface area contributed by atoms with E-state index >= 15 is 0 Å². The highest BCUT2D eigenvalue weighted by molar-refractivity contribution is 7.92. The van der Waals surface area contributed by atoms with Gasteiger partial charge in [0.15, 0.2) is 11.5 Å². The zero-order valence-electron chi connectivity index (χ0n) is 21.0. The summed E-state index contributed by atoms with van der Waals surface area (Å²) in [5.74, 6) is 1.30. The maximum Gasteiger partial charge on any atom is 0.264 e. The van der Waals surface area contributed by atoms with Gasteiger partial charge in [-0.3, -0.25) is 9.10 Å². The first-order chi connectivity index (χ1) is 17.8. The molecule has 0 aliphatic carbocycles. The van der Waals surface area contributed by atoms with Gasteiger partial charge in [-0.15, -0.1) is 0 Å². The molecule has 0 aliphatic rings. The number of anilines is 2. The monoisotopic (exact) mass is 526 g/mol. The summed E-state index contributed by atoms with van der Waals surface area (Å²) in [5, 5.41) is 2.73. The van der Waals surface area contributed by atoms with Crippen LogP contribution in [0.4, 0.5) is 11.4 Å². The average molecular weight is 527 g/mol. The number of rotatable bonds is 13. The molecule has 3 aromatic rings. The third-order valence-electron chi connectivity index (χ3n) is 5.17. The van der Waals surface area contributed by atoms with Crippen LogP contribution in [-0.2, 0) is 14.8 Å². The Labute approximate surface area is 217 Å². The molecule has 0 atom stereocenters. The lowest BCUT2D eigenvalue weighted by Crippen LogP contribution is -2.38. The molecule has 1 N–H and O–H groups in total. The second-order valence-corrected chi connectivity index (χ2v) is 9.49. The maximum atomic E-state index is 13.7. The van der Waals surface area contributed by atoms with E-state index in [-0.39, 0.29) is 10.6 Å². The van der Waals surface area contributed by atoms with E-state index in [0.717, 1.165) is 4.31 Å². The quantitative estimate of drug-likeness (QED) is 0.327. The minimum atomic E-state index is -4.17. The lowest BCUT2D eigenvalue weighted by atomic mass is 10.3. The van der Waals surface area contributed by atoms with Crippen LogP contribution in [0.2, 0.25) is 0 Å². The van der Waals surface area contributed by atoms with Crippen molar-refractivity contribution in [2.75, 3.05) is 43.6 Å². The summed E-state index contributed by atoms with van der Waals surface area (Å²) in [4.78, 5) is 12.9. The Hall–Kier alpha value is -4.18. The topological polar surface area (TPSA) is 103 Å². The fraction of sp³-hybridized carbons (Fsp3) is 0.222. The molecule has 10 heteroatoms. The molecule has 3 rings (SSSR count). The summed E-state index contributed by atoms with van der Waals surface area (Å²) in [5.41, 5.74) is 0.785. The summed E-state index contributed by atoms with van der Waals surface area (Å²) in [6.45, 7) is 5.80. The Morgan fingerprint density at radius 1 is 0.919 bits per heavy atom. The van der Waals surface area contributed by atoms with Gasteiger partial charge in [0.05, 0.1) is 31.4 Å². The van der Waals surface area contributed by atoms with Crippen molar-refractivity contribution in [3.63, 3.8) is 0 Å². The van der Waals surface area contributed by atoms with Crippen LogP contribution in [0.1, 0.15) is 6.92 Å². The number of nitrogens with one attached hydrogen (secondary N) is 1. The molecule has 0 saturated carbocycles. The first-order valence-electron chi connectivity index (χ1n) is 11.4. The fourth-order valence-corrected chi connectivity index (χ4v) is 4.85. The second kappa shape index (κ2) is 12.7. The minimum Gasteiger partial charge on any atom is -0.494 e. The van der Waals surface area contributed by atoms with E-state index in [1.807, 2.05) is 6.92 Å². The molecule has 0 radical (unpaired) electrons. The number of hydrogen-bond donors (Lipinski definition) is 1. The van der Waals surface area contributed by atoms with E-state index in [2.05, 4.69) is 11.9 Å². The highest BCUT2D eigenvalue weighted by Gasteiger charge is 2.28. The first-order valence-corrected chi connectivity index (χ1v) is 12.9. The van der Waals surface area contributed by atoms with E-state index in [0.29, 0.717) is 41.8 Å². The SMILES string of the molecule is C=CCOc1ccc(NC(=O)CN(c2ccc(OCC)cc2)S(=O)(=O)c2ccc(OC)c(OC)c2)cc1. The van der Waals surface area contributed by atoms with Crippen molar-refractivity contribution in [3.05, 3.63) is 79.4 Å². The minimum absolute atomic E-state index is 0.0597. The van der Waals surface area contributed by atoms with Gasteiger partial charge in [0.25, 0.3) is 10.0 Å². The number of carbonyl (C=O) groups excluding carboxylic acids is 1. The number of ether oxygens (including phenoxy) is 4.